The summed E-state index contributed by atoms with van der Waals surface area (Å²) >= 11 is 0. The number of nitrogens with one attached hydrogen (secondary N) is 2. The number of hydrogen-bond donors (Lipinski definition) is 2. The lowest BCUT2D eigenvalue weighted by Crippen LogP contribution is -2.32. The zero-order chi connectivity index (χ0) is 20.8. The van der Waals surface area contributed by atoms with Crippen LogP contribution in [-0.2, 0) is 6.42 Å². The van der Waals surface area contributed by atoms with Crippen LogP contribution in [0.25, 0.3) is 10.9 Å². The van der Waals surface area contributed by atoms with Gasteiger partial charge in [0.25, 0.3) is 11.5 Å². The molecule has 0 aliphatic heterocycles. The van der Waals surface area contributed by atoms with Crippen LogP contribution in [0.2, 0.25) is 0 Å². The smallest absolute Gasteiger partial charge is 0.261 e. The topological polar surface area (TPSA) is 62.0 Å². The van der Waals surface area contributed by atoms with Crippen molar-refractivity contribution in [1.82, 2.24) is 10.3 Å². The largest absolute Gasteiger partial charge is 0.345 e. The first kappa shape index (κ1) is 19.6. The van der Waals surface area contributed by atoms with Crippen molar-refractivity contribution in [3.05, 3.63) is 118 Å². The summed E-state index contributed by atoms with van der Waals surface area (Å²) in [7, 11) is 0. The van der Waals surface area contributed by atoms with Gasteiger partial charge in [-0.3, -0.25) is 9.59 Å². The molecule has 4 nitrogen and oxygen atoms in total. The molecule has 0 spiro atoms. The van der Waals surface area contributed by atoms with Gasteiger partial charge in [-0.1, -0.05) is 78.9 Å². The van der Waals surface area contributed by atoms with E-state index in [1.807, 2.05) is 72.8 Å². The molecule has 4 rings (SSSR count). The van der Waals surface area contributed by atoms with Crippen LogP contribution in [0.3, 0.4) is 0 Å². The Hall–Kier alpha value is -3.66. The third kappa shape index (κ3) is 4.66. The Labute approximate surface area is 175 Å². The summed E-state index contributed by atoms with van der Waals surface area (Å²) in [5, 5.41) is 3.92. The molecule has 0 fully saturated rings. The van der Waals surface area contributed by atoms with Gasteiger partial charge in [-0.15, -0.1) is 0 Å². The molecule has 0 saturated carbocycles. The van der Waals surface area contributed by atoms with Crippen molar-refractivity contribution in [3.63, 3.8) is 0 Å². The maximum atomic E-state index is 13.0. The minimum Gasteiger partial charge on any atom is -0.345 e. The summed E-state index contributed by atoms with van der Waals surface area (Å²) < 4.78 is 0. The summed E-state index contributed by atoms with van der Waals surface area (Å²) in [6.45, 7) is 0. The number of rotatable bonds is 7. The maximum absolute atomic E-state index is 13.0. The highest BCUT2D eigenvalue weighted by atomic mass is 16.2. The van der Waals surface area contributed by atoms with Crippen molar-refractivity contribution in [1.29, 1.82) is 0 Å². The lowest BCUT2D eigenvalue weighted by Gasteiger charge is -2.19. The van der Waals surface area contributed by atoms with Crippen LogP contribution in [0, 0.1) is 0 Å². The van der Waals surface area contributed by atoms with E-state index in [0.717, 1.165) is 35.7 Å². The number of carbonyl (C=O) groups is 1. The second-order valence-corrected chi connectivity index (χ2v) is 7.41. The predicted octanol–water partition coefficient (Wildman–Crippen LogP) is 5.02. The number of fused-ring (bicyclic) bond motifs is 1. The van der Waals surface area contributed by atoms with Gasteiger partial charge in [0.05, 0.1) is 6.04 Å². The average Bonchev–Trinajstić information content (AvgIpc) is 2.79. The lowest BCUT2D eigenvalue weighted by atomic mass is 9.98. The summed E-state index contributed by atoms with van der Waals surface area (Å²) in [6.07, 6.45) is 2.66. The molecular weight excluding hydrogens is 372 g/mol. The molecule has 1 amide bonds. The number of carbonyl (C=O) groups excluding carboxylic acids is 1. The van der Waals surface area contributed by atoms with E-state index in [0.29, 0.717) is 0 Å². The average molecular weight is 396 g/mol. The van der Waals surface area contributed by atoms with Crippen molar-refractivity contribution >= 4 is 16.8 Å². The molecule has 4 aromatic rings. The number of benzene rings is 3. The number of aromatic nitrogens is 1. The lowest BCUT2D eigenvalue weighted by molar-refractivity contribution is 0.0933. The molecule has 0 aliphatic rings. The highest BCUT2D eigenvalue weighted by Gasteiger charge is 2.18. The number of H-pyrrole nitrogens is 1. The highest BCUT2D eigenvalue weighted by Crippen LogP contribution is 2.21. The number of aromatic amines is 1. The highest BCUT2D eigenvalue weighted by molar-refractivity contribution is 5.97. The second-order valence-electron chi connectivity index (χ2n) is 7.41. The molecule has 0 aliphatic carbocycles. The molecule has 0 radical (unpaired) electrons. The number of hydrogen-bond acceptors (Lipinski definition) is 2. The Balaban J connectivity index is 1.53. The van der Waals surface area contributed by atoms with Gasteiger partial charge < -0.3 is 10.3 Å². The standard InChI is InChI=1S/C26H24N2O2/c29-25(22-18-21-15-7-8-16-24(21)28-26(22)30)27-23(20-13-5-2-6-14-20)17-9-12-19-10-3-1-4-11-19/h1-8,10-11,13-16,18,23H,9,12,17H2,(H,27,29)(H,28,30). The zero-order valence-corrected chi connectivity index (χ0v) is 16.7. The Morgan fingerprint density at radius 2 is 1.53 bits per heavy atom. The van der Waals surface area contributed by atoms with Crippen molar-refractivity contribution in [2.24, 2.45) is 0 Å². The molecule has 2 N–H and O–H groups in total. The van der Waals surface area contributed by atoms with Crippen LogP contribution in [0.4, 0.5) is 0 Å². The third-order valence-electron chi connectivity index (χ3n) is 5.31. The molecule has 3 aromatic carbocycles. The fourth-order valence-electron chi connectivity index (χ4n) is 3.71. The van der Waals surface area contributed by atoms with Gasteiger partial charge >= 0.3 is 0 Å². The van der Waals surface area contributed by atoms with E-state index >= 15 is 0 Å². The molecule has 4 heteroatoms. The number of para-hydroxylation sites is 1. The van der Waals surface area contributed by atoms with E-state index in [-0.39, 0.29) is 23.1 Å². The molecule has 150 valence electrons. The Bertz CT molecular complexity index is 1180. The molecule has 1 atom stereocenters. The Morgan fingerprint density at radius 3 is 2.30 bits per heavy atom. The van der Waals surface area contributed by atoms with Crippen molar-refractivity contribution < 1.29 is 4.79 Å². The first-order valence-corrected chi connectivity index (χ1v) is 10.2. The number of amides is 1. The SMILES string of the molecule is O=C(NC(CCCc1ccccc1)c1ccccc1)c1cc2ccccc2[nH]c1=O. The fraction of sp³-hybridized carbons (Fsp3) is 0.154. The van der Waals surface area contributed by atoms with Crippen LogP contribution in [0.1, 0.15) is 40.4 Å². The Morgan fingerprint density at radius 1 is 0.867 bits per heavy atom. The third-order valence-corrected chi connectivity index (χ3v) is 5.31. The van der Waals surface area contributed by atoms with Gasteiger partial charge in [-0.2, -0.15) is 0 Å². The quantitative estimate of drug-likeness (QED) is 0.461. The van der Waals surface area contributed by atoms with E-state index in [4.69, 9.17) is 0 Å². The summed E-state index contributed by atoms with van der Waals surface area (Å²) in [5.74, 6) is -0.351. The monoisotopic (exact) mass is 396 g/mol. The summed E-state index contributed by atoms with van der Waals surface area (Å²) in [4.78, 5) is 28.3. The molecule has 0 bridgehead atoms. The van der Waals surface area contributed by atoms with Gasteiger partial charge in [0.1, 0.15) is 5.56 Å². The minimum absolute atomic E-state index is 0.137. The van der Waals surface area contributed by atoms with Crippen LogP contribution >= 0.6 is 0 Å². The predicted molar refractivity (Wildman–Crippen MR) is 121 cm³/mol. The molecule has 1 aromatic heterocycles. The summed E-state index contributed by atoms with van der Waals surface area (Å²) in [6, 6.07) is 29.2. The van der Waals surface area contributed by atoms with Gasteiger partial charge in [0.15, 0.2) is 0 Å². The first-order valence-electron chi connectivity index (χ1n) is 10.2. The van der Waals surface area contributed by atoms with E-state index in [1.54, 1.807) is 6.07 Å². The molecule has 0 saturated heterocycles. The van der Waals surface area contributed by atoms with Crippen LogP contribution in [0.5, 0.6) is 0 Å². The van der Waals surface area contributed by atoms with E-state index in [2.05, 4.69) is 22.4 Å². The molecule has 1 unspecified atom stereocenters. The fourth-order valence-corrected chi connectivity index (χ4v) is 3.71. The van der Waals surface area contributed by atoms with E-state index < -0.39 is 0 Å². The van der Waals surface area contributed by atoms with Crippen molar-refractivity contribution in [2.75, 3.05) is 0 Å². The van der Waals surface area contributed by atoms with Gasteiger partial charge in [-0.05, 0) is 47.9 Å². The van der Waals surface area contributed by atoms with Crippen LogP contribution in [-0.4, -0.2) is 10.9 Å². The normalized spacial score (nSPS) is 11.9. The second kappa shape index (κ2) is 9.23. The van der Waals surface area contributed by atoms with Crippen LogP contribution in [0.15, 0.2) is 95.8 Å². The first-order chi connectivity index (χ1) is 14.7. The zero-order valence-electron chi connectivity index (χ0n) is 16.7. The minimum atomic E-state index is -0.373. The summed E-state index contributed by atoms with van der Waals surface area (Å²) in [5.41, 5.74) is 2.80. The molecule has 30 heavy (non-hydrogen) atoms. The van der Waals surface area contributed by atoms with Crippen LogP contribution < -0.4 is 10.9 Å². The maximum Gasteiger partial charge on any atom is 0.261 e. The molecular formula is C26H24N2O2. The van der Waals surface area contributed by atoms with Crippen molar-refractivity contribution in [2.45, 2.75) is 25.3 Å². The number of aryl methyl sites for hydroxylation is 1. The van der Waals surface area contributed by atoms with Gasteiger partial charge in [0, 0.05) is 5.52 Å². The van der Waals surface area contributed by atoms with E-state index in [9.17, 15) is 9.59 Å². The Kier molecular flexibility index (Phi) is 6.04. The number of pyridine rings is 1. The van der Waals surface area contributed by atoms with Gasteiger partial charge in [-0.25, -0.2) is 0 Å². The van der Waals surface area contributed by atoms with Gasteiger partial charge in [0.2, 0.25) is 0 Å². The van der Waals surface area contributed by atoms with E-state index in [1.165, 1.54) is 5.56 Å². The van der Waals surface area contributed by atoms with Crippen molar-refractivity contribution in [3.8, 4) is 0 Å². The molecule has 1 heterocycles.